The Hall–Kier alpha value is 0.00870. The Kier molecular flexibility index (Phi) is 3.90. The molecule has 0 aromatic heterocycles. The summed E-state index contributed by atoms with van der Waals surface area (Å²) in [5.41, 5.74) is 0. The molecule has 0 radical (unpaired) electrons. The first-order valence-electron chi connectivity index (χ1n) is 5.73. The fraction of sp³-hybridized carbons (Fsp3) is 0.750. The standard InChI is InChI=1S/C9H14NO.3CH3.Sn/c1-7-5-4-6-8(2)10(7)9(3)11;;;;/h5,7-8H,6H2,1-3H3;3*1H3;. The Morgan fingerprint density at radius 1 is 1.40 bits per heavy atom. The second-order valence-electron chi connectivity index (χ2n) is 5.66. The summed E-state index contributed by atoms with van der Waals surface area (Å²) in [4.78, 5) is 20.8. The molecule has 1 amide bonds. The molecule has 2 unspecified atom stereocenters. The molecule has 0 fully saturated rings. The van der Waals surface area contributed by atoms with Crippen LogP contribution >= 0.6 is 0 Å². The van der Waals surface area contributed by atoms with Gasteiger partial charge in [0.05, 0.1) is 0 Å². The van der Waals surface area contributed by atoms with Crippen LogP contribution in [0.3, 0.4) is 0 Å². The first kappa shape index (κ1) is 13.1. The Labute approximate surface area is 97.6 Å². The van der Waals surface area contributed by atoms with E-state index in [1.165, 1.54) is 0 Å². The monoisotopic (exact) mass is 317 g/mol. The minimum absolute atomic E-state index is 0.203. The van der Waals surface area contributed by atoms with E-state index in [-0.39, 0.29) is 11.9 Å². The quantitative estimate of drug-likeness (QED) is 0.681. The molecule has 0 saturated carbocycles. The number of hydrogen-bond acceptors (Lipinski definition) is 1. The molecule has 0 saturated heterocycles. The summed E-state index contributed by atoms with van der Waals surface area (Å²) in [6.07, 6.45) is 3.45. The van der Waals surface area contributed by atoms with E-state index in [1.54, 1.807) is 10.5 Å². The topological polar surface area (TPSA) is 20.3 Å². The van der Waals surface area contributed by atoms with Crippen LogP contribution in [0, 0.1) is 0 Å². The van der Waals surface area contributed by atoms with Crippen LogP contribution in [0.25, 0.3) is 0 Å². The molecule has 15 heavy (non-hydrogen) atoms. The van der Waals surface area contributed by atoms with Gasteiger partial charge in [-0.05, 0) is 0 Å². The maximum absolute atomic E-state index is 11.5. The average Bonchev–Trinajstić information content (AvgIpc) is 1.99. The minimum atomic E-state index is -1.90. The van der Waals surface area contributed by atoms with E-state index in [4.69, 9.17) is 0 Å². The van der Waals surface area contributed by atoms with Crippen molar-refractivity contribution in [2.24, 2.45) is 0 Å². The Morgan fingerprint density at radius 2 is 1.93 bits per heavy atom. The van der Waals surface area contributed by atoms with Gasteiger partial charge in [0.2, 0.25) is 0 Å². The van der Waals surface area contributed by atoms with Gasteiger partial charge < -0.3 is 0 Å². The van der Waals surface area contributed by atoms with Gasteiger partial charge in [0.25, 0.3) is 0 Å². The predicted molar refractivity (Wildman–Crippen MR) is 67.5 cm³/mol. The van der Waals surface area contributed by atoms with Crippen molar-refractivity contribution in [3.63, 3.8) is 0 Å². The van der Waals surface area contributed by atoms with Crippen molar-refractivity contribution in [3.8, 4) is 0 Å². The van der Waals surface area contributed by atoms with Crippen LogP contribution in [0.4, 0.5) is 0 Å². The van der Waals surface area contributed by atoms with Gasteiger partial charge in [-0.15, -0.1) is 0 Å². The van der Waals surface area contributed by atoms with Crippen LogP contribution in [0.2, 0.25) is 14.8 Å². The molecule has 0 aromatic carbocycles. The predicted octanol–water partition coefficient (Wildman–Crippen LogP) is 2.82. The Bertz CT molecular complexity index is 290. The van der Waals surface area contributed by atoms with Crippen molar-refractivity contribution in [2.75, 3.05) is 0 Å². The zero-order chi connectivity index (χ0) is 11.8. The van der Waals surface area contributed by atoms with Crippen LogP contribution in [0.5, 0.6) is 0 Å². The molecular weight excluding hydrogens is 293 g/mol. The third kappa shape index (κ3) is 2.99. The van der Waals surface area contributed by atoms with Crippen LogP contribution in [-0.4, -0.2) is 41.3 Å². The molecule has 3 heteroatoms. The van der Waals surface area contributed by atoms with E-state index >= 15 is 0 Å². The van der Waals surface area contributed by atoms with Gasteiger partial charge >= 0.3 is 97.7 Å². The van der Waals surface area contributed by atoms with Crippen molar-refractivity contribution >= 4 is 24.3 Å². The number of hydrogen-bond donors (Lipinski definition) is 0. The zero-order valence-corrected chi connectivity index (χ0v) is 13.6. The second kappa shape index (κ2) is 4.48. The fourth-order valence-electron chi connectivity index (χ4n) is 2.41. The van der Waals surface area contributed by atoms with E-state index in [0.29, 0.717) is 6.04 Å². The molecule has 0 N–H and O–H groups in total. The van der Waals surface area contributed by atoms with Gasteiger partial charge in [-0.2, -0.15) is 0 Å². The van der Waals surface area contributed by atoms with Crippen LogP contribution in [0.1, 0.15) is 27.2 Å². The number of carbonyl (C=O) groups excluding carboxylic acids is 1. The SMILES string of the molecule is CC(=O)N1C(C)C=[C]([Sn]([CH3])([CH3])[CH3])CC1C. The van der Waals surface area contributed by atoms with Gasteiger partial charge in [-0.1, -0.05) is 0 Å². The summed E-state index contributed by atoms with van der Waals surface area (Å²) in [6, 6.07) is 0.672. The van der Waals surface area contributed by atoms with Crippen molar-refractivity contribution in [1.82, 2.24) is 4.90 Å². The summed E-state index contributed by atoms with van der Waals surface area (Å²) in [7, 11) is 0. The van der Waals surface area contributed by atoms with Crippen molar-refractivity contribution < 1.29 is 4.79 Å². The molecule has 1 aliphatic heterocycles. The molecule has 1 aliphatic rings. The number of nitrogens with zero attached hydrogens (tertiary/aromatic N) is 1. The van der Waals surface area contributed by atoms with E-state index in [0.717, 1.165) is 6.42 Å². The molecular formula is C12H23NOSn. The summed E-state index contributed by atoms with van der Waals surface area (Å²) in [5.74, 6) is 0.203. The zero-order valence-electron chi connectivity index (χ0n) is 10.8. The molecule has 0 aliphatic carbocycles. The number of rotatable bonds is 1. The van der Waals surface area contributed by atoms with Gasteiger partial charge in [-0.25, -0.2) is 0 Å². The summed E-state index contributed by atoms with van der Waals surface area (Å²) >= 11 is -1.90. The normalized spacial score (nSPS) is 27.6. The van der Waals surface area contributed by atoms with Crippen molar-refractivity contribution in [3.05, 3.63) is 9.67 Å². The molecule has 1 rings (SSSR count). The van der Waals surface area contributed by atoms with Crippen LogP contribution in [-0.2, 0) is 4.79 Å². The van der Waals surface area contributed by atoms with Crippen LogP contribution in [0.15, 0.2) is 9.67 Å². The second-order valence-corrected chi connectivity index (χ2v) is 20.3. The maximum atomic E-state index is 11.5. The summed E-state index contributed by atoms with van der Waals surface area (Å²) in [6.45, 7) is 5.98. The third-order valence-corrected chi connectivity index (χ3v) is 9.76. The first-order chi connectivity index (χ1) is 6.73. The molecule has 2 atom stereocenters. The summed E-state index contributed by atoms with van der Waals surface area (Å²) < 4.78 is 1.68. The van der Waals surface area contributed by atoms with Crippen molar-refractivity contribution in [2.45, 2.75) is 54.1 Å². The first-order valence-corrected chi connectivity index (χ1v) is 15.7. The molecule has 0 aromatic rings. The molecule has 86 valence electrons. The molecule has 2 nitrogen and oxygen atoms in total. The van der Waals surface area contributed by atoms with Gasteiger partial charge in [0.15, 0.2) is 0 Å². The molecule has 0 spiro atoms. The van der Waals surface area contributed by atoms with E-state index in [9.17, 15) is 4.79 Å². The number of amides is 1. The molecule has 1 heterocycles. The fourth-order valence-corrected chi connectivity index (χ4v) is 7.12. The van der Waals surface area contributed by atoms with Gasteiger partial charge in [-0.3, -0.25) is 0 Å². The van der Waals surface area contributed by atoms with Gasteiger partial charge in [0, 0.05) is 0 Å². The van der Waals surface area contributed by atoms with Crippen molar-refractivity contribution in [1.29, 1.82) is 0 Å². The third-order valence-electron chi connectivity index (χ3n) is 3.20. The molecule has 0 bridgehead atoms. The van der Waals surface area contributed by atoms with E-state index in [2.05, 4.69) is 34.7 Å². The summed E-state index contributed by atoms with van der Waals surface area (Å²) in [5, 5.41) is 0. The average molecular weight is 316 g/mol. The van der Waals surface area contributed by atoms with E-state index < -0.39 is 18.4 Å². The Morgan fingerprint density at radius 3 is 2.27 bits per heavy atom. The van der Waals surface area contributed by atoms with Gasteiger partial charge in [0.1, 0.15) is 0 Å². The van der Waals surface area contributed by atoms with Crippen LogP contribution < -0.4 is 0 Å². The Balaban J connectivity index is 2.95. The van der Waals surface area contributed by atoms with E-state index in [1.807, 2.05) is 4.90 Å². The number of carbonyl (C=O) groups is 1.